The Balaban J connectivity index is 2.27. The van der Waals surface area contributed by atoms with Crippen molar-refractivity contribution in [3.8, 4) is 0 Å². The lowest BCUT2D eigenvalue weighted by molar-refractivity contribution is -0.145. The highest BCUT2D eigenvalue weighted by molar-refractivity contribution is 5.96. The summed E-state index contributed by atoms with van der Waals surface area (Å²) in [6.45, 7) is 5.54. The van der Waals surface area contributed by atoms with Crippen molar-refractivity contribution in [2.75, 3.05) is 7.11 Å². The molecule has 1 saturated carbocycles. The van der Waals surface area contributed by atoms with Crippen molar-refractivity contribution in [3.05, 3.63) is 17.8 Å². The highest BCUT2D eigenvalue weighted by Crippen LogP contribution is 2.31. The van der Waals surface area contributed by atoms with Crippen LogP contribution < -0.4 is 0 Å². The standard InChI is InChI=1S/C14H20N2O4/c1-8(2)12-11(15-7-20-12)13(17)16(10-5-6-10)9(3)14(18)19-4/h7-10H,5-6H2,1-4H3/t9-/m0/s1. The zero-order valence-corrected chi connectivity index (χ0v) is 12.3. The number of oxazole rings is 1. The maximum absolute atomic E-state index is 12.7. The van der Waals surface area contributed by atoms with Crippen molar-refractivity contribution < 1.29 is 18.7 Å². The highest BCUT2D eigenvalue weighted by Gasteiger charge is 2.41. The van der Waals surface area contributed by atoms with Gasteiger partial charge >= 0.3 is 5.97 Å². The molecule has 1 aromatic heterocycles. The minimum Gasteiger partial charge on any atom is -0.467 e. The second-order valence-corrected chi connectivity index (χ2v) is 5.36. The number of amides is 1. The van der Waals surface area contributed by atoms with Gasteiger partial charge in [-0.1, -0.05) is 13.8 Å². The average molecular weight is 280 g/mol. The molecule has 0 N–H and O–H groups in total. The fraction of sp³-hybridized carbons (Fsp3) is 0.643. The summed E-state index contributed by atoms with van der Waals surface area (Å²) >= 11 is 0. The number of carbonyl (C=O) groups is 2. The molecule has 2 rings (SSSR count). The van der Waals surface area contributed by atoms with Gasteiger partial charge in [0.1, 0.15) is 11.8 Å². The van der Waals surface area contributed by atoms with Gasteiger partial charge in [-0.15, -0.1) is 0 Å². The van der Waals surface area contributed by atoms with Crippen LogP contribution in [0.4, 0.5) is 0 Å². The Kier molecular flexibility index (Phi) is 4.11. The first-order valence-corrected chi connectivity index (χ1v) is 6.81. The first kappa shape index (κ1) is 14.6. The van der Waals surface area contributed by atoms with E-state index in [4.69, 9.17) is 9.15 Å². The van der Waals surface area contributed by atoms with Gasteiger partial charge in [0.2, 0.25) is 0 Å². The Labute approximate surface area is 118 Å². The third kappa shape index (κ3) is 2.69. The van der Waals surface area contributed by atoms with E-state index in [0.29, 0.717) is 11.5 Å². The molecule has 1 fully saturated rings. The minimum atomic E-state index is -0.614. The molecule has 110 valence electrons. The smallest absolute Gasteiger partial charge is 0.328 e. The number of nitrogens with zero attached hydrogens (tertiary/aromatic N) is 2. The van der Waals surface area contributed by atoms with Crippen molar-refractivity contribution in [2.24, 2.45) is 0 Å². The van der Waals surface area contributed by atoms with Crippen LogP contribution in [0.1, 0.15) is 55.8 Å². The molecule has 1 amide bonds. The van der Waals surface area contributed by atoms with Crippen LogP contribution in [-0.4, -0.2) is 41.0 Å². The summed E-state index contributed by atoms with van der Waals surface area (Å²) in [5.41, 5.74) is 0.294. The normalized spacial score (nSPS) is 16.1. The van der Waals surface area contributed by atoms with Gasteiger partial charge in [0.05, 0.1) is 7.11 Å². The van der Waals surface area contributed by atoms with Crippen LogP contribution in [0.25, 0.3) is 0 Å². The van der Waals surface area contributed by atoms with E-state index in [1.165, 1.54) is 13.5 Å². The third-order valence-corrected chi connectivity index (χ3v) is 3.46. The molecule has 0 radical (unpaired) electrons. The van der Waals surface area contributed by atoms with Crippen LogP contribution in [-0.2, 0) is 9.53 Å². The van der Waals surface area contributed by atoms with E-state index in [1.54, 1.807) is 11.8 Å². The molecule has 0 bridgehead atoms. The number of hydrogen-bond acceptors (Lipinski definition) is 5. The van der Waals surface area contributed by atoms with Gasteiger partial charge in [-0.25, -0.2) is 9.78 Å². The summed E-state index contributed by atoms with van der Waals surface area (Å²) in [6.07, 6.45) is 3.08. The number of aromatic nitrogens is 1. The van der Waals surface area contributed by atoms with E-state index in [9.17, 15) is 9.59 Å². The van der Waals surface area contributed by atoms with E-state index < -0.39 is 12.0 Å². The van der Waals surface area contributed by atoms with Gasteiger partial charge in [0.25, 0.3) is 5.91 Å². The lowest BCUT2D eigenvalue weighted by Crippen LogP contribution is -2.45. The molecule has 0 unspecified atom stereocenters. The number of esters is 1. The predicted octanol–water partition coefficient (Wildman–Crippen LogP) is 1.96. The van der Waals surface area contributed by atoms with E-state index in [-0.39, 0.29) is 17.9 Å². The molecule has 1 aliphatic rings. The van der Waals surface area contributed by atoms with Crippen molar-refractivity contribution in [3.63, 3.8) is 0 Å². The largest absolute Gasteiger partial charge is 0.467 e. The second-order valence-electron chi connectivity index (χ2n) is 5.36. The van der Waals surface area contributed by atoms with E-state index in [0.717, 1.165) is 12.8 Å². The highest BCUT2D eigenvalue weighted by atomic mass is 16.5. The third-order valence-electron chi connectivity index (χ3n) is 3.46. The summed E-state index contributed by atoms with van der Waals surface area (Å²) in [6, 6.07) is -0.523. The Morgan fingerprint density at radius 1 is 1.40 bits per heavy atom. The summed E-state index contributed by atoms with van der Waals surface area (Å²) in [5, 5.41) is 0. The zero-order chi connectivity index (χ0) is 14.9. The maximum atomic E-state index is 12.7. The summed E-state index contributed by atoms with van der Waals surface area (Å²) in [4.78, 5) is 30.0. The molecule has 0 spiro atoms. The van der Waals surface area contributed by atoms with Gasteiger partial charge in [-0.3, -0.25) is 4.79 Å². The van der Waals surface area contributed by atoms with E-state index in [1.807, 2.05) is 13.8 Å². The summed E-state index contributed by atoms with van der Waals surface area (Å²) in [5.74, 6) is -0.0636. The lowest BCUT2D eigenvalue weighted by atomic mass is 10.1. The van der Waals surface area contributed by atoms with E-state index >= 15 is 0 Å². The molecular weight excluding hydrogens is 260 g/mol. The van der Waals surface area contributed by atoms with Crippen molar-refractivity contribution in [1.29, 1.82) is 0 Å². The number of hydrogen-bond donors (Lipinski definition) is 0. The van der Waals surface area contributed by atoms with Gasteiger partial charge < -0.3 is 14.1 Å². The predicted molar refractivity (Wildman–Crippen MR) is 71.3 cm³/mol. The summed E-state index contributed by atoms with van der Waals surface area (Å²) < 4.78 is 10.0. The number of ether oxygens (including phenoxy) is 1. The molecule has 1 heterocycles. The average Bonchev–Trinajstić information content (AvgIpc) is 3.11. The fourth-order valence-electron chi connectivity index (χ4n) is 2.24. The number of methoxy groups -OCH3 is 1. The van der Waals surface area contributed by atoms with Crippen molar-refractivity contribution in [1.82, 2.24) is 9.88 Å². The molecular formula is C14H20N2O4. The Morgan fingerprint density at radius 3 is 2.55 bits per heavy atom. The molecule has 0 aliphatic heterocycles. The lowest BCUT2D eigenvalue weighted by Gasteiger charge is -2.27. The van der Waals surface area contributed by atoms with Gasteiger partial charge in [-0.05, 0) is 19.8 Å². The van der Waals surface area contributed by atoms with Crippen LogP contribution in [0.3, 0.4) is 0 Å². The first-order valence-electron chi connectivity index (χ1n) is 6.81. The van der Waals surface area contributed by atoms with Crippen LogP contribution in [0.15, 0.2) is 10.8 Å². The molecule has 0 aromatic carbocycles. The SMILES string of the molecule is COC(=O)[C@H](C)N(C(=O)c1ncoc1C(C)C)C1CC1. The van der Waals surface area contributed by atoms with Crippen LogP contribution in [0, 0.1) is 0 Å². The van der Waals surface area contributed by atoms with Crippen LogP contribution in [0.5, 0.6) is 0 Å². The Morgan fingerprint density at radius 2 is 2.05 bits per heavy atom. The van der Waals surface area contributed by atoms with Gasteiger partial charge in [0, 0.05) is 12.0 Å². The molecule has 20 heavy (non-hydrogen) atoms. The van der Waals surface area contributed by atoms with Gasteiger partial charge in [-0.2, -0.15) is 0 Å². The zero-order valence-electron chi connectivity index (χ0n) is 12.3. The topological polar surface area (TPSA) is 72.6 Å². The summed E-state index contributed by atoms with van der Waals surface area (Å²) in [7, 11) is 1.32. The molecule has 1 atom stereocenters. The minimum absolute atomic E-state index is 0.0611. The Hall–Kier alpha value is -1.85. The number of carbonyl (C=O) groups excluding carboxylic acids is 2. The van der Waals surface area contributed by atoms with E-state index in [2.05, 4.69) is 4.98 Å². The quantitative estimate of drug-likeness (QED) is 0.771. The monoisotopic (exact) mass is 280 g/mol. The molecule has 1 aromatic rings. The Bertz CT molecular complexity index is 505. The van der Waals surface area contributed by atoms with Crippen LogP contribution >= 0.6 is 0 Å². The molecule has 6 nitrogen and oxygen atoms in total. The van der Waals surface area contributed by atoms with Crippen molar-refractivity contribution >= 4 is 11.9 Å². The first-order chi connectivity index (χ1) is 9.47. The van der Waals surface area contributed by atoms with Gasteiger partial charge in [0.15, 0.2) is 12.1 Å². The molecule has 1 aliphatic carbocycles. The van der Waals surface area contributed by atoms with Crippen molar-refractivity contribution in [2.45, 2.75) is 51.6 Å². The number of rotatable bonds is 5. The molecule has 0 saturated heterocycles. The second kappa shape index (κ2) is 5.64. The van der Waals surface area contributed by atoms with Crippen LogP contribution in [0.2, 0.25) is 0 Å². The maximum Gasteiger partial charge on any atom is 0.328 e. The fourth-order valence-corrected chi connectivity index (χ4v) is 2.24. The molecule has 6 heteroatoms.